The molecule has 1 amide bonds. The molecule has 2 unspecified atom stereocenters. The summed E-state index contributed by atoms with van der Waals surface area (Å²) in [7, 11) is 0. The highest BCUT2D eigenvalue weighted by molar-refractivity contribution is 6.00. The Hall–Kier alpha value is -1.55. The fraction of sp³-hybridized carbons (Fsp3) is 0.611. The fourth-order valence-electron chi connectivity index (χ4n) is 3.82. The van der Waals surface area contributed by atoms with Crippen LogP contribution in [0.4, 0.5) is 5.69 Å². The third kappa shape index (κ3) is 3.12. The molecule has 1 saturated carbocycles. The van der Waals surface area contributed by atoms with Gasteiger partial charge in [0.15, 0.2) is 0 Å². The normalized spacial score (nSPS) is 24.7. The average molecular weight is 301 g/mol. The zero-order chi connectivity index (χ0) is 15.5. The molecule has 1 aliphatic carbocycles. The van der Waals surface area contributed by atoms with Gasteiger partial charge in [-0.05, 0) is 57.2 Å². The minimum atomic E-state index is 0.0657. The van der Waals surface area contributed by atoms with Crippen molar-refractivity contribution in [1.29, 1.82) is 0 Å². The first-order chi connectivity index (χ1) is 10.7. The summed E-state index contributed by atoms with van der Waals surface area (Å²) in [5.74, 6) is 0.500. The quantitative estimate of drug-likeness (QED) is 0.898. The van der Waals surface area contributed by atoms with Crippen molar-refractivity contribution in [2.45, 2.75) is 45.1 Å². The van der Waals surface area contributed by atoms with Crippen molar-refractivity contribution < 1.29 is 4.79 Å². The maximum atomic E-state index is 12.8. The lowest BCUT2D eigenvalue weighted by Gasteiger charge is -2.24. The number of hydrogen-bond acceptors (Lipinski definition) is 3. The first-order valence-corrected chi connectivity index (χ1v) is 8.55. The molecule has 0 spiro atoms. The smallest absolute Gasteiger partial charge is 0.253 e. The molecular formula is C18H27N3O. The number of carbonyl (C=O) groups is 1. The van der Waals surface area contributed by atoms with E-state index in [1.807, 2.05) is 13.0 Å². The van der Waals surface area contributed by atoms with Gasteiger partial charge in [-0.1, -0.05) is 18.1 Å². The maximum Gasteiger partial charge on any atom is 0.253 e. The molecule has 22 heavy (non-hydrogen) atoms. The molecule has 3 rings (SSSR count). The summed E-state index contributed by atoms with van der Waals surface area (Å²) < 4.78 is 0. The molecule has 2 atom stereocenters. The summed E-state index contributed by atoms with van der Waals surface area (Å²) in [5.41, 5.74) is 8.88. The molecule has 2 aliphatic rings. The third-order valence-corrected chi connectivity index (χ3v) is 5.12. The number of nitrogens with two attached hydrogens (primary N) is 1. The van der Waals surface area contributed by atoms with Crippen LogP contribution in [0.1, 0.15) is 48.0 Å². The van der Waals surface area contributed by atoms with Gasteiger partial charge < -0.3 is 16.0 Å². The van der Waals surface area contributed by atoms with Crippen LogP contribution in [0.25, 0.3) is 0 Å². The predicted octanol–water partition coefficient (Wildman–Crippen LogP) is 2.45. The second-order valence-corrected chi connectivity index (χ2v) is 6.72. The van der Waals surface area contributed by atoms with E-state index < -0.39 is 0 Å². The van der Waals surface area contributed by atoms with Crippen LogP contribution in [0.15, 0.2) is 18.2 Å². The van der Waals surface area contributed by atoms with Gasteiger partial charge in [0.25, 0.3) is 5.91 Å². The topological polar surface area (TPSA) is 58.4 Å². The zero-order valence-corrected chi connectivity index (χ0v) is 13.5. The number of aryl methyl sites for hydroxylation is 1. The molecule has 1 aromatic rings. The summed E-state index contributed by atoms with van der Waals surface area (Å²) in [6.07, 6.45) is 5.78. The summed E-state index contributed by atoms with van der Waals surface area (Å²) in [6, 6.07) is 6.47. The molecule has 3 N–H and O–H groups in total. The molecule has 2 fully saturated rings. The van der Waals surface area contributed by atoms with Crippen molar-refractivity contribution in [2.24, 2.45) is 11.7 Å². The molecule has 0 aromatic heterocycles. The summed E-state index contributed by atoms with van der Waals surface area (Å²) in [4.78, 5) is 15.2. The molecule has 1 aliphatic heterocycles. The second-order valence-electron chi connectivity index (χ2n) is 6.72. The van der Waals surface area contributed by atoms with E-state index in [9.17, 15) is 4.79 Å². The second kappa shape index (κ2) is 6.69. The van der Waals surface area contributed by atoms with Gasteiger partial charge in [0, 0.05) is 24.8 Å². The highest BCUT2D eigenvalue weighted by Crippen LogP contribution is 2.28. The van der Waals surface area contributed by atoms with E-state index in [0.29, 0.717) is 12.5 Å². The van der Waals surface area contributed by atoms with Crippen molar-refractivity contribution in [2.75, 3.05) is 24.5 Å². The number of rotatable bonds is 4. The maximum absolute atomic E-state index is 12.8. The molecule has 4 nitrogen and oxygen atoms in total. The summed E-state index contributed by atoms with van der Waals surface area (Å²) in [6.45, 7) is 4.82. The van der Waals surface area contributed by atoms with Crippen molar-refractivity contribution in [3.63, 3.8) is 0 Å². The van der Waals surface area contributed by atoms with E-state index in [0.717, 1.165) is 42.7 Å². The highest BCUT2D eigenvalue weighted by Gasteiger charge is 2.29. The number of nitrogens with one attached hydrogen (secondary N) is 1. The number of nitrogens with zero attached hydrogens (tertiary/aromatic N) is 1. The van der Waals surface area contributed by atoms with Crippen molar-refractivity contribution in [1.82, 2.24) is 5.32 Å². The Bertz CT molecular complexity index is 537. The highest BCUT2D eigenvalue weighted by atomic mass is 16.1. The summed E-state index contributed by atoms with van der Waals surface area (Å²) in [5, 5.41) is 3.24. The van der Waals surface area contributed by atoms with E-state index >= 15 is 0 Å². The van der Waals surface area contributed by atoms with Crippen molar-refractivity contribution in [3.05, 3.63) is 29.3 Å². The van der Waals surface area contributed by atoms with E-state index in [2.05, 4.69) is 22.3 Å². The SMILES string of the molecule is Cc1ccc(N2CCCC2)c(C(=O)NC2CCCC2CN)c1. The first kappa shape index (κ1) is 15.3. The Morgan fingerprint density at radius 3 is 2.77 bits per heavy atom. The Morgan fingerprint density at radius 1 is 1.27 bits per heavy atom. The fourth-order valence-corrected chi connectivity index (χ4v) is 3.82. The van der Waals surface area contributed by atoms with Crippen LogP contribution in [-0.2, 0) is 0 Å². The van der Waals surface area contributed by atoms with E-state index in [4.69, 9.17) is 5.73 Å². The average Bonchev–Trinajstić information content (AvgIpc) is 3.18. The van der Waals surface area contributed by atoms with Gasteiger partial charge in [-0.25, -0.2) is 0 Å². The Balaban J connectivity index is 1.80. The molecule has 1 aromatic carbocycles. The summed E-state index contributed by atoms with van der Waals surface area (Å²) >= 11 is 0. The van der Waals surface area contributed by atoms with E-state index in [1.165, 1.54) is 19.3 Å². The van der Waals surface area contributed by atoms with Crippen LogP contribution >= 0.6 is 0 Å². The molecule has 0 radical (unpaired) electrons. The van der Waals surface area contributed by atoms with Crippen LogP contribution in [0, 0.1) is 12.8 Å². The van der Waals surface area contributed by atoms with Gasteiger partial charge in [-0.3, -0.25) is 4.79 Å². The lowest BCUT2D eigenvalue weighted by atomic mass is 10.0. The molecule has 1 heterocycles. The van der Waals surface area contributed by atoms with Crippen LogP contribution in [0.3, 0.4) is 0 Å². The van der Waals surface area contributed by atoms with E-state index in [1.54, 1.807) is 0 Å². The monoisotopic (exact) mass is 301 g/mol. The minimum Gasteiger partial charge on any atom is -0.371 e. The molecule has 4 heteroatoms. The van der Waals surface area contributed by atoms with Gasteiger partial charge in [0.2, 0.25) is 0 Å². The lowest BCUT2D eigenvalue weighted by Crippen LogP contribution is -2.40. The zero-order valence-electron chi connectivity index (χ0n) is 13.5. The van der Waals surface area contributed by atoms with Gasteiger partial charge >= 0.3 is 0 Å². The van der Waals surface area contributed by atoms with Crippen LogP contribution in [-0.4, -0.2) is 31.6 Å². The van der Waals surface area contributed by atoms with Crippen LogP contribution in [0.5, 0.6) is 0 Å². The number of carbonyl (C=O) groups excluding carboxylic acids is 1. The number of hydrogen-bond donors (Lipinski definition) is 2. The number of anilines is 1. The van der Waals surface area contributed by atoms with Crippen molar-refractivity contribution in [3.8, 4) is 0 Å². The minimum absolute atomic E-state index is 0.0657. The Kier molecular flexibility index (Phi) is 4.67. The van der Waals surface area contributed by atoms with Gasteiger partial charge in [-0.2, -0.15) is 0 Å². The number of benzene rings is 1. The van der Waals surface area contributed by atoms with Gasteiger partial charge in [0.05, 0.1) is 5.56 Å². The predicted molar refractivity (Wildman–Crippen MR) is 90.3 cm³/mol. The molecule has 1 saturated heterocycles. The number of amides is 1. The van der Waals surface area contributed by atoms with Crippen LogP contribution < -0.4 is 16.0 Å². The largest absolute Gasteiger partial charge is 0.371 e. The lowest BCUT2D eigenvalue weighted by molar-refractivity contribution is 0.0929. The van der Waals surface area contributed by atoms with Crippen molar-refractivity contribution >= 4 is 11.6 Å². The Labute approximate surface area is 133 Å². The third-order valence-electron chi connectivity index (χ3n) is 5.12. The first-order valence-electron chi connectivity index (χ1n) is 8.55. The van der Waals surface area contributed by atoms with Crippen LogP contribution in [0.2, 0.25) is 0 Å². The van der Waals surface area contributed by atoms with E-state index in [-0.39, 0.29) is 11.9 Å². The Morgan fingerprint density at radius 2 is 2.05 bits per heavy atom. The van der Waals surface area contributed by atoms with Gasteiger partial charge in [0.1, 0.15) is 0 Å². The molecular weight excluding hydrogens is 274 g/mol. The molecule has 120 valence electrons. The van der Waals surface area contributed by atoms with Gasteiger partial charge in [-0.15, -0.1) is 0 Å². The standard InChI is InChI=1S/C18H27N3O/c1-13-7-8-17(21-9-2-3-10-21)15(11-13)18(22)20-16-6-4-5-14(16)12-19/h7-8,11,14,16H,2-6,9-10,12,19H2,1H3,(H,20,22). The molecule has 0 bridgehead atoms.